The lowest BCUT2D eigenvalue weighted by atomic mass is 10.3. The van der Waals surface area contributed by atoms with Gasteiger partial charge in [-0.15, -0.1) is 11.8 Å². The Bertz CT molecular complexity index is 591. The predicted octanol–water partition coefficient (Wildman–Crippen LogP) is 1.83. The largest absolute Gasteiger partial charge is 0.486 e. The van der Waals surface area contributed by atoms with Crippen LogP contribution in [0.4, 0.5) is 5.82 Å². The smallest absolute Gasteiger partial charge is 0.162 e. The summed E-state index contributed by atoms with van der Waals surface area (Å²) in [4.78, 5) is 9.50. The van der Waals surface area contributed by atoms with Crippen molar-refractivity contribution in [1.82, 2.24) is 9.97 Å². The van der Waals surface area contributed by atoms with Crippen LogP contribution >= 0.6 is 11.8 Å². The highest BCUT2D eigenvalue weighted by molar-refractivity contribution is 7.98. The van der Waals surface area contributed by atoms with Crippen molar-refractivity contribution >= 4 is 17.6 Å². The summed E-state index contributed by atoms with van der Waals surface area (Å²) in [7, 11) is 0. The number of hydrogen-bond acceptors (Lipinski definition) is 7. The van der Waals surface area contributed by atoms with Crippen molar-refractivity contribution in [2.45, 2.75) is 10.6 Å². The Morgan fingerprint density at radius 1 is 1.15 bits per heavy atom. The van der Waals surface area contributed by atoms with Gasteiger partial charge in [-0.25, -0.2) is 10.8 Å². The monoisotopic (exact) mass is 290 g/mol. The number of benzene rings is 1. The SMILES string of the molecule is NNc1cnc(CSc2ccc3c(c2)OCCO3)cn1. The Morgan fingerprint density at radius 2 is 2.00 bits per heavy atom. The fourth-order valence-corrected chi connectivity index (χ4v) is 2.59. The molecule has 2 aromatic rings. The summed E-state index contributed by atoms with van der Waals surface area (Å²) in [6.07, 6.45) is 3.32. The Morgan fingerprint density at radius 3 is 2.75 bits per heavy atom. The summed E-state index contributed by atoms with van der Waals surface area (Å²) >= 11 is 1.67. The lowest BCUT2D eigenvalue weighted by Crippen LogP contribution is -2.15. The van der Waals surface area contributed by atoms with Crippen molar-refractivity contribution in [3.05, 3.63) is 36.3 Å². The van der Waals surface area contributed by atoms with Crippen molar-refractivity contribution in [3.63, 3.8) is 0 Å². The Balaban J connectivity index is 1.65. The standard InChI is InChI=1S/C13H14N4O2S/c14-17-13-7-15-9(6-16-13)8-20-10-1-2-11-12(5-10)19-4-3-18-11/h1-2,5-7H,3-4,8,14H2,(H,16,17). The van der Waals surface area contributed by atoms with Gasteiger partial charge in [-0.3, -0.25) is 4.98 Å². The van der Waals surface area contributed by atoms with Gasteiger partial charge in [0.05, 0.1) is 18.1 Å². The molecule has 0 spiro atoms. The van der Waals surface area contributed by atoms with E-state index in [2.05, 4.69) is 15.4 Å². The van der Waals surface area contributed by atoms with E-state index in [1.54, 1.807) is 24.2 Å². The number of hydrazine groups is 1. The summed E-state index contributed by atoms with van der Waals surface area (Å²) < 4.78 is 11.0. The maximum atomic E-state index is 5.56. The lowest BCUT2D eigenvalue weighted by Gasteiger charge is -2.18. The second kappa shape index (κ2) is 5.98. The summed E-state index contributed by atoms with van der Waals surface area (Å²) in [5.74, 6) is 8.14. The van der Waals surface area contributed by atoms with Crippen LogP contribution in [0.25, 0.3) is 0 Å². The predicted molar refractivity (Wildman–Crippen MR) is 76.8 cm³/mol. The average molecular weight is 290 g/mol. The molecule has 0 unspecified atom stereocenters. The minimum Gasteiger partial charge on any atom is -0.486 e. The molecule has 0 fully saturated rings. The molecule has 1 aliphatic rings. The van der Waals surface area contributed by atoms with E-state index in [9.17, 15) is 0 Å². The van der Waals surface area contributed by atoms with Crippen LogP contribution < -0.4 is 20.7 Å². The van der Waals surface area contributed by atoms with E-state index in [1.165, 1.54) is 0 Å². The van der Waals surface area contributed by atoms with Crippen LogP contribution in [0.5, 0.6) is 11.5 Å². The van der Waals surface area contributed by atoms with Gasteiger partial charge in [-0.1, -0.05) is 0 Å². The van der Waals surface area contributed by atoms with Crippen molar-refractivity contribution in [1.29, 1.82) is 0 Å². The number of rotatable bonds is 4. The maximum Gasteiger partial charge on any atom is 0.162 e. The number of fused-ring (bicyclic) bond motifs is 1. The van der Waals surface area contributed by atoms with E-state index in [0.717, 1.165) is 27.8 Å². The zero-order chi connectivity index (χ0) is 13.8. The minimum absolute atomic E-state index is 0.554. The first-order valence-corrected chi connectivity index (χ1v) is 7.14. The Labute approximate surface area is 120 Å². The van der Waals surface area contributed by atoms with Gasteiger partial charge in [-0.05, 0) is 18.2 Å². The highest BCUT2D eigenvalue weighted by atomic mass is 32.2. The lowest BCUT2D eigenvalue weighted by molar-refractivity contribution is 0.171. The average Bonchev–Trinajstić information content (AvgIpc) is 2.53. The van der Waals surface area contributed by atoms with Gasteiger partial charge in [0, 0.05) is 10.6 Å². The highest BCUT2D eigenvalue weighted by Gasteiger charge is 2.11. The van der Waals surface area contributed by atoms with Gasteiger partial charge in [0.1, 0.15) is 13.2 Å². The summed E-state index contributed by atoms with van der Waals surface area (Å²) in [6.45, 7) is 1.21. The Kier molecular flexibility index (Phi) is 3.89. The number of anilines is 1. The number of nitrogens with zero attached hydrogens (tertiary/aromatic N) is 2. The first-order chi connectivity index (χ1) is 9.85. The molecule has 0 atom stereocenters. The summed E-state index contributed by atoms with van der Waals surface area (Å²) in [5, 5.41) is 0. The molecule has 1 aliphatic heterocycles. The van der Waals surface area contributed by atoms with Gasteiger partial charge in [-0.2, -0.15) is 0 Å². The molecule has 1 aromatic carbocycles. The third kappa shape index (κ3) is 2.94. The third-order valence-corrected chi connectivity index (χ3v) is 3.78. The van der Waals surface area contributed by atoms with Gasteiger partial charge in [0.2, 0.25) is 0 Å². The molecule has 3 N–H and O–H groups in total. The van der Waals surface area contributed by atoms with E-state index < -0.39 is 0 Å². The molecule has 0 bridgehead atoms. The molecule has 1 aromatic heterocycles. The van der Waals surface area contributed by atoms with Crippen LogP contribution in [0.15, 0.2) is 35.5 Å². The van der Waals surface area contributed by atoms with Gasteiger partial charge >= 0.3 is 0 Å². The van der Waals surface area contributed by atoms with E-state index in [-0.39, 0.29) is 0 Å². The zero-order valence-corrected chi connectivity index (χ0v) is 11.5. The number of nitrogens with two attached hydrogens (primary N) is 1. The van der Waals surface area contributed by atoms with E-state index in [4.69, 9.17) is 15.3 Å². The van der Waals surface area contributed by atoms with Crippen molar-refractivity contribution < 1.29 is 9.47 Å². The molecule has 0 radical (unpaired) electrons. The van der Waals surface area contributed by atoms with Gasteiger partial charge < -0.3 is 14.9 Å². The van der Waals surface area contributed by atoms with Crippen LogP contribution in [0.1, 0.15) is 5.69 Å². The van der Waals surface area contributed by atoms with Crippen LogP contribution in [0.2, 0.25) is 0 Å². The van der Waals surface area contributed by atoms with Gasteiger partial charge in [0.25, 0.3) is 0 Å². The molecular weight excluding hydrogens is 276 g/mol. The normalized spacial score (nSPS) is 13.1. The van der Waals surface area contributed by atoms with E-state index >= 15 is 0 Å². The van der Waals surface area contributed by atoms with E-state index in [0.29, 0.717) is 19.0 Å². The summed E-state index contributed by atoms with van der Waals surface area (Å²) in [6, 6.07) is 5.94. The molecule has 0 amide bonds. The first-order valence-electron chi connectivity index (χ1n) is 6.15. The number of nitrogen functional groups attached to an aromatic ring is 1. The number of aromatic nitrogens is 2. The Hall–Kier alpha value is -1.99. The number of thioether (sulfide) groups is 1. The molecule has 6 nitrogen and oxygen atoms in total. The quantitative estimate of drug-likeness (QED) is 0.505. The van der Waals surface area contributed by atoms with Crippen molar-refractivity contribution in [2.24, 2.45) is 5.84 Å². The maximum absolute atomic E-state index is 5.56. The fourth-order valence-electron chi connectivity index (χ4n) is 1.77. The molecule has 104 valence electrons. The van der Waals surface area contributed by atoms with Crippen LogP contribution in [-0.4, -0.2) is 23.2 Å². The summed E-state index contributed by atoms with van der Waals surface area (Å²) in [5.41, 5.74) is 3.34. The van der Waals surface area contributed by atoms with Crippen molar-refractivity contribution in [3.8, 4) is 11.5 Å². The second-order valence-corrected chi connectivity index (χ2v) is 5.18. The molecule has 20 heavy (non-hydrogen) atoms. The molecule has 0 saturated heterocycles. The second-order valence-electron chi connectivity index (χ2n) is 4.13. The number of hydrogen-bond donors (Lipinski definition) is 2. The molecule has 2 heterocycles. The molecule has 3 rings (SSSR count). The topological polar surface area (TPSA) is 82.3 Å². The van der Waals surface area contributed by atoms with Gasteiger partial charge in [0.15, 0.2) is 17.3 Å². The van der Waals surface area contributed by atoms with Crippen molar-refractivity contribution in [2.75, 3.05) is 18.6 Å². The molecule has 0 aliphatic carbocycles. The van der Waals surface area contributed by atoms with Crippen LogP contribution in [-0.2, 0) is 5.75 Å². The van der Waals surface area contributed by atoms with E-state index in [1.807, 2.05) is 18.2 Å². The van der Waals surface area contributed by atoms with Crippen LogP contribution in [0.3, 0.4) is 0 Å². The molecular formula is C13H14N4O2S. The molecule has 7 heteroatoms. The third-order valence-electron chi connectivity index (χ3n) is 2.75. The zero-order valence-electron chi connectivity index (χ0n) is 10.7. The fraction of sp³-hybridized carbons (Fsp3) is 0.231. The first kappa shape index (κ1) is 13.0. The number of ether oxygens (including phenoxy) is 2. The van der Waals surface area contributed by atoms with Crippen LogP contribution in [0, 0.1) is 0 Å². The molecule has 0 saturated carbocycles. The highest BCUT2D eigenvalue weighted by Crippen LogP contribution is 2.34. The minimum atomic E-state index is 0.554. The number of nitrogens with one attached hydrogen (secondary N) is 1.